The van der Waals surface area contributed by atoms with E-state index in [2.05, 4.69) is 9.98 Å². The quantitative estimate of drug-likeness (QED) is 0.330. The Hall–Kier alpha value is -2.77. The normalized spacial score (nSPS) is 21.6. The first-order valence-corrected chi connectivity index (χ1v) is 8.89. The Bertz CT molecular complexity index is 1020. The average molecular weight is 403 g/mol. The van der Waals surface area contributed by atoms with Gasteiger partial charge in [0, 0.05) is 12.5 Å². The van der Waals surface area contributed by atoms with Crippen LogP contribution < -0.4 is 4.90 Å². The number of amides is 1. The van der Waals surface area contributed by atoms with Gasteiger partial charge in [-0.15, -0.1) is 11.6 Å². The number of benzene rings is 2. The number of nitro benzene ring substituents is 1. The standard InChI is InChI=1S/C18H12Cl2N4O3/c19-15-9-12(21-10-5-1-2-6-11(10)22-15)17-16(20)18(25)23(17)13-7-3-4-8-14(13)24(26)27/h1-8,16-17H,9H2. The molecule has 0 N–H and O–H groups in total. The largest absolute Gasteiger partial charge is 0.294 e. The molecule has 2 aliphatic rings. The van der Waals surface area contributed by atoms with Crippen LogP contribution in [0.15, 0.2) is 58.5 Å². The number of β-lactam (4-membered cyclic amide) rings is 1. The van der Waals surface area contributed by atoms with E-state index in [4.69, 9.17) is 23.2 Å². The molecule has 0 aromatic heterocycles. The van der Waals surface area contributed by atoms with Crippen molar-refractivity contribution in [2.24, 2.45) is 9.98 Å². The van der Waals surface area contributed by atoms with Crippen molar-refractivity contribution in [1.29, 1.82) is 0 Å². The van der Waals surface area contributed by atoms with Gasteiger partial charge < -0.3 is 0 Å². The summed E-state index contributed by atoms with van der Waals surface area (Å²) < 4.78 is 0. The fraction of sp³-hybridized carbons (Fsp3) is 0.167. The molecule has 27 heavy (non-hydrogen) atoms. The molecule has 0 spiro atoms. The van der Waals surface area contributed by atoms with Gasteiger partial charge in [-0.25, -0.2) is 4.99 Å². The predicted octanol–water partition coefficient (Wildman–Crippen LogP) is 4.36. The number of carbonyl (C=O) groups excluding carboxylic acids is 1. The third-order valence-electron chi connectivity index (χ3n) is 4.42. The van der Waals surface area contributed by atoms with Crippen LogP contribution in [-0.2, 0) is 4.79 Å². The molecule has 2 unspecified atom stereocenters. The fourth-order valence-electron chi connectivity index (χ4n) is 3.20. The molecule has 2 heterocycles. The molecule has 2 aromatic carbocycles. The van der Waals surface area contributed by atoms with Crippen LogP contribution in [-0.4, -0.2) is 33.1 Å². The Morgan fingerprint density at radius 2 is 1.70 bits per heavy atom. The highest BCUT2D eigenvalue weighted by molar-refractivity contribution is 6.67. The number of para-hydroxylation sites is 4. The van der Waals surface area contributed by atoms with Crippen molar-refractivity contribution in [2.75, 3.05) is 4.90 Å². The van der Waals surface area contributed by atoms with Crippen molar-refractivity contribution in [3.05, 3.63) is 58.6 Å². The smallest absolute Gasteiger partial charge is 0.292 e. The van der Waals surface area contributed by atoms with E-state index in [0.29, 0.717) is 22.3 Å². The van der Waals surface area contributed by atoms with Gasteiger partial charge in [0.2, 0.25) is 5.91 Å². The second-order valence-corrected chi connectivity index (χ2v) is 6.96. The minimum Gasteiger partial charge on any atom is -0.294 e. The van der Waals surface area contributed by atoms with Crippen LogP contribution in [0.5, 0.6) is 0 Å². The van der Waals surface area contributed by atoms with Gasteiger partial charge in [0.15, 0.2) is 0 Å². The van der Waals surface area contributed by atoms with Gasteiger partial charge in [-0.05, 0) is 18.2 Å². The molecule has 9 heteroatoms. The maximum absolute atomic E-state index is 12.5. The van der Waals surface area contributed by atoms with E-state index < -0.39 is 22.2 Å². The molecule has 1 saturated heterocycles. The van der Waals surface area contributed by atoms with E-state index >= 15 is 0 Å². The van der Waals surface area contributed by atoms with Crippen molar-refractivity contribution in [2.45, 2.75) is 17.8 Å². The summed E-state index contributed by atoms with van der Waals surface area (Å²) in [5.41, 5.74) is 1.77. The molecular formula is C18H12Cl2N4O3. The summed E-state index contributed by atoms with van der Waals surface area (Å²) in [5, 5.41) is 10.8. The summed E-state index contributed by atoms with van der Waals surface area (Å²) in [6.45, 7) is 0. The molecule has 0 saturated carbocycles. The van der Waals surface area contributed by atoms with E-state index in [1.807, 2.05) is 12.1 Å². The maximum atomic E-state index is 12.5. The number of rotatable bonds is 3. The first kappa shape index (κ1) is 17.6. The van der Waals surface area contributed by atoms with Crippen molar-refractivity contribution in [3.63, 3.8) is 0 Å². The zero-order valence-corrected chi connectivity index (χ0v) is 15.3. The molecule has 2 atom stereocenters. The third kappa shape index (κ3) is 2.98. The highest BCUT2D eigenvalue weighted by atomic mass is 35.5. The van der Waals surface area contributed by atoms with Crippen LogP contribution in [0.1, 0.15) is 6.42 Å². The zero-order chi connectivity index (χ0) is 19.1. The number of anilines is 1. The van der Waals surface area contributed by atoms with Crippen molar-refractivity contribution in [1.82, 2.24) is 0 Å². The SMILES string of the molecule is O=C1C(Cl)C(C2=Nc3ccccc3N=C(Cl)C2)N1c1ccccc1[N+](=O)[O-]. The van der Waals surface area contributed by atoms with Crippen LogP contribution in [0.3, 0.4) is 0 Å². The van der Waals surface area contributed by atoms with Crippen LogP contribution in [0.4, 0.5) is 22.7 Å². The Kier molecular flexibility index (Phi) is 4.41. The second kappa shape index (κ2) is 6.75. The summed E-state index contributed by atoms with van der Waals surface area (Å²) in [5.74, 6) is -0.413. The summed E-state index contributed by atoms with van der Waals surface area (Å²) in [4.78, 5) is 33.6. The van der Waals surface area contributed by atoms with E-state index in [1.54, 1.807) is 24.3 Å². The monoisotopic (exact) mass is 402 g/mol. The Morgan fingerprint density at radius 1 is 1.07 bits per heavy atom. The number of fused-ring (bicyclic) bond motifs is 1. The molecule has 2 aromatic rings. The molecule has 1 amide bonds. The van der Waals surface area contributed by atoms with Gasteiger partial charge in [0.1, 0.15) is 22.3 Å². The van der Waals surface area contributed by atoms with Crippen LogP contribution in [0, 0.1) is 10.1 Å². The fourth-order valence-corrected chi connectivity index (χ4v) is 3.79. The molecule has 4 rings (SSSR count). The van der Waals surface area contributed by atoms with E-state index in [9.17, 15) is 14.9 Å². The maximum Gasteiger partial charge on any atom is 0.292 e. The van der Waals surface area contributed by atoms with Crippen molar-refractivity contribution >= 4 is 62.7 Å². The molecule has 2 aliphatic heterocycles. The van der Waals surface area contributed by atoms with E-state index in [0.717, 1.165) is 0 Å². The first-order valence-electron chi connectivity index (χ1n) is 8.07. The Labute approximate surface area is 164 Å². The molecule has 0 radical (unpaired) electrons. The number of aliphatic imine (C=N–C) groups is 2. The number of alkyl halides is 1. The topological polar surface area (TPSA) is 88.2 Å². The van der Waals surface area contributed by atoms with Gasteiger partial charge in [-0.2, -0.15) is 0 Å². The number of hydrogen-bond acceptors (Lipinski definition) is 5. The summed E-state index contributed by atoms with van der Waals surface area (Å²) in [6, 6.07) is 12.6. The van der Waals surface area contributed by atoms with Crippen LogP contribution in [0.2, 0.25) is 0 Å². The molecule has 0 bridgehead atoms. The highest BCUT2D eigenvalue weighted by Crippen LogP contribution is 2.40. The second-order valence-electron chi connectivity index (χ2n) is 6.06. The van der Waals surface area contributed by atoms with Gasteiger partial charge in [-0.3, -0.25) is 24.8 Å². The summed E-state index contributed by atoms with van der Waals surface area (Å²) in [6.07, 6.45) is 0.203. The number of carbonyl (C=O) groups is 1. The van der Waals surface area contributed by atoms with E-state index in [-0.39, 0.29) is 17.8 Å². The predicted molar refractivity (Wildman–Crippen MR) is 105 cm³/mol. The Balaban J connectivity index is 1.80. The number of halogens is 2. The first-order chi connectivity index (χ1) is 13.0. The van der Waals surface area contributed by atoms with E-state index in [1.165, 1.54) is 17.0 Å². The minimum atomic E-state index is -0.877. The molecule has 136 valence electrons. The number of nitrogens with zero attached hydrogens (tertiary/aromatic N) is 4. The van der Waals surface area contributed by atoms with Gasteiger partial charge >= 0.3 is 0 Å². The lowest BCUT2D eigenvalue weighted by Crippen LogP contribution is -2.66. The lowest BCUT2D eigenvalue weighted by atomic mass is 9.92. The summed E-state index contributed by atoms with van der Waals surface area (Å²) >= 11 is 12.5. The highest BCUT2D eigenvalue weighted by Gasteiger charge is 2.51. The van der Waals surface area contributed by atoms with Gasteiger partial charge in [0.05, 0.1) is 22.0 Å². The molecular weight excluding hydrogens is 391 g/mol. The number of hydrogen-bond donors (Lipinski definition) is 0. The Morgan fingerprint density at radius 3 is 2.41 bits per heavy atom. The third-order valence-corrected chi connectivity index (χ3v) is 5.07. The minimum absolute atomic E-state index is 0.172. The summed E-state index contributed by atoms with van der Waals surface area (Å²) in [7, 11) is 0. The van der Waals surface area contributed by atoms with Gasteiger partial charge in [-0.1, -0.05) is 35.9 Å². The lowest BCUT2D eigenvalue weighted by Gasteiger charge is -2.44. The van der Waals surface area contributed by atoms with Crippen molar-refractivity contribution in [3.8, 4) is 0 Å². The lowest BCUT2D eigenvalue weighted by molar-refractivity contribution is -0.384. The van der Waals surface area contributed by atoms with Crippen molar-refractivity contribution < 1.29 is 9.72 Å². The average Bonchev–Trinajstić information content (AvgIpc) is 2.82. The van der Waals surface area contributed by atoms with Gasteiger partial charge in [0.25, 0.3) is 5.69 Å². The van der Waals surface area contributed by atoms with Crippen LogP contribution >= 0.6 is 23.2 Å². The van der Waals surface area contributed by atoms with Crippen LogP contribution in [0.25, 0.3) is 0 Å². The zero-order valence-electron chi connectivity index (χ0n) is 13.8. The molecule has 7 nitrogen and oxygen atoms in total. The number of nitro groups is 1. The molecule has 0 aliphatic carbocycles. The molecule has 1 fully saturated rings.